The van der Waals surface area contributed by atoms with Crippen molar-refractivity contribution in [2.45, 2.75) is 25.9 Å². The van der Waals surface area contributed by atoms with Gasteiger partial charge in [-0.1, -0.05) is 6.07 Å². The fourth-order valence-corrected chi connectivity index (χ4v) is 2.90. The van der Waals surface area contributed by atoms with Crippen molar-refractivity contribution in [3.8, 4) is 11.3 Å². The van der Waals surface area contributed by atoms with Crippen molar-refractivity contribution in [1.29, 1.82) is 0 Å². The van der Waals surface area contributed by atoms with Gasteiger partial charge in [0.15, 0.2) is 0 Å². The van der Waals surface area contributed by atoms with E-state index in [-0.39, 0.29) is 5.54 Å². The Morgan fingerprint density at radius 2 is 2.04 bits per heavy atom. The smallest absolute Gasteiger partial charge is 0.135 e. The molecule has 0 amide bonds. The minimum Gasteiger partial charge on any atom is -0.383 e. The van der Waals surface area contributed by atoms with Gasteiger partial charge in [-0.3, -0.25) is 9.78 Å². The number of rotatable bonds is 3. The molecule has 0 saturated carbocycles. The van der Waals surface area contributed by atoms with Gasteiger partial charge in [-0.05, 0) is 32.0 Å². The highest BCUT2D eigenvalue weighted by molar-refractivity contribution is 6.08. The summed E-state index contributed by atoms with van der Waals surface area (Å²) in [7, 11) is 0. The van der Waals surface area contributed by atoms with Crippen LogP contribution in [0.5, 0.6) is 0 Å². The number of benzene rings is 1. The van der Waals surface area contributed by atoms with E-state index in [0.717, 1.165) is 33.1 Å². The quantitative estimate of drug-likeness (QED) is 0.536. The lowest BCUT2D eigenvalue weighted by molar-refractivity contribution is 0.410. The van der Waals surface area contributed by atoms with Crippen LogP contribution in [-0.4, -0.2) is 30.5 Å². The van der Waals surface area contributed by atoms with Crippen molar-refractivity contribution in [1.82, 2.24) is 25.0 Å². The Kier molecular flexibility index (Phi) is 3.07. The maximum absolute atomic E-state index is 6.15. The molecule has 5 N–H and O–H groups in total. The number of aromatic amines is 1. The number of nitrogens with one attached hydrogen (secondary N) is 1. The molecule has 3 heterocycles. The molecule has 122 valence electrons. The molecule has 0 radical (unpaired) electrons. The van der Waals surface area contributed by atoms with Crippen molar-refractivity contribution in [2.24, 2.45) is 5.73 Å². The van der Waals surface area contributed by atoms with E-state index in [2.05, 4.69) is 20.3 Å². The second kappa shape index (κ2) is 5.04. The zero-order valence-electron chi connectivity index (χ0n) is 13.6. The molecular formula is C17H19N7. The Bertz CT molecular complexity index is 1020. The molecule has 3 aromatic heterocycles. The summed E-state index contributed by atoms with van der Waals surface area (Å²) in [5.41, 5.74) is 15.5. The van der Waals surface area contributed by atoms with E-state index in [4.69, 9.17) is 11.5 Å². The average Bonchev–Trinajstić information content (AvgIpc) is 3.14. The van der Waals surface area contributed by atoms with Crippen LogP contribution < -0.4 is 11.5 Å². The summed E-state index contributed by atoms with van der Waals surface area (Å²) in [6, 6.07) is 7.95. The summed E-state index contributed by atoms with van der Waals surface area (Å²) in [5, 5.41) is 13.4. The van der Waals surface area contributed by atoms with Crippen LogP contribution >= 0.6 is 0 Å². The van der Waals surface area contributed by atoms with Crippen LogP contribution in [0.2, 0.25) is 0 Å². The number of hydrogen-bond donors (Lipinski definition) is 3. The zero-order chi connectivity index (χ0) is 16.9. The first-order valence-electron chi connectivity index (χ1n) is 7.76. The number of nitrogens with two attached hydrogens (primary N) is 2. The monoisotopic (exact) mass is 321 g/mol. The van der Waals surface area contributed by atoms with Gasteiger partial charge < -0.3 is 11.5 Å². The number of nitrogen functional groups attached to an aromatic ring is 1. The van der Waals surface area contributed by atoms with Crippen LogP contribution in [0.1, 0.15) is 13.8 Å². The number of hydrogen-bond acceptors (Lipinski definition) is 5. The molecule has 7 heteroatoms. The van der Waals surface area contributed by atoms with E-state index in [1.165, 1.54) is 0 Å². The first kappa shape index (κ1) is 14.6. The fourth-order valence-electron chi connectivity index (χ4n) is 2.90. The fraction of sp³-hybridized carbons (Fsp3) is 0.235. The molecule has 4 rings (SSSR count). The van der Waals surface area contributed by atoms with Crippen molar-refractivity contribution < 1.29 is 0 Å². The number of nitrogens with zero attached hydrogens (tertiary/aromatic N) is 4. The van der Waals surface area contributed by atoms with E-state index in [9.17, 15) is 0 Å². The molecule has 0 fully saturated rings. The van der Waals surface area contributed by atoms with Crippen molar-refractivity contribution in [3.63, 3.8) is 0 Å². The summed E-state index contributed by atoms with van der Waals surface area (Å²) in [4.78, 5) is 4.54. The second-order valence-electron chi connectivity index (χ2n) is 6.78. The zero-order valence-corrected chi connectivity index (χ0v) is 13.6. The van der Waals surface area contributed by atoms with Gasteiger partial charge in [-0.2, -0.15) is 10.2 Å². The maximum Gasteiger partial charge on any atom is 0.135 e. The predicted octanol–water partition coefficient (Wildman–Crippen LogP) is 2.29. The normalized spacial score (nSPS) is 12.3. The van der Waals surface area contributed by atoms with Crippen LogP contribution in [0.3, 0.4) is 0 Å². The third-order valence-corrected chi connectivity index (χ3v) is 3.91. The highest BCUT2D eigenvalue weighted by atomic mass is 15.3. The Morgan fingerprint density at radius 1 is 1.21 bits per heavy atom. The minimum atomic E-state index is -0.353. The molecule has 1 aromatic carbocycles. The molecule has 0 spiro atoms. The standard InChI is InChI=1S/C17H19N7/c1-17(2,19)9-24-8-12-15(23-24)11-4-3-10(13-5-6-20-22-13)7-14(11)21-16(12)18/h3-8H,9,19H2,1-2H3,(H2,18,21)(H,20,22). The number of H-pyrrole nitrogens is 1. The molecule has 7 nitrogen and oxygen atoms in total. The van der Waals surface area contributed by atoms with Gasteiger partial charge in [-0.15, -0.1) is 0 Å². The second-order valence-corrected chi connectivity index (χ2v) is 6.78. The van der Waals surface area contributed by atoms with Gasteiger partial charge in [0.2, 0.25) is 0 Å². The molecule has 0 atom stereocenters. The van der Waals surface area contributed by atoms with Crippen molar-refractivity contribution in [3.05, 3.63) is 36.7 Å². The maximum atomic E-state index is 6.15. The Morgan fingerprint density at radius 3 is 2.75 bits per heavy atom. The highest BCUT2D eigenvalue weighted by Crippen LogP contribution is 2.29. The molecule has 0 bridgehead atoms. The minimum absolute atomic E-state index is 0.353. The summed E-state index contributed by atoms with van der Waals surface area (Å²) in [5.74, 6) is 0.473. The third kappa shape index (κ3) is 2.48. The number of aromatic nitrogens is 5. The number of fused-ring (bicyclic) bond motifs is 3. The van der Waals surface area contributed by atoms with Crippen LogP contribution in [0.25, 0.3) is 33.1 Å². The van der Waals surface area contributed by atoms with Gasteiger partial charge in [0.05, 0.1) is 23.1 Å². The van der Waals surface area contributed by atoms with Crippen LogP contribution in [-0.2, 0) is 6.54 Å². The Labute approximate surface area is 138 Å². The third-order valence-electron chi connectivity index (χ3n) is 3.91. The largest absolute Gasteiger partial charge is 0.383 e. The topological polar surface area (TPSA) is 111 Å². The van der Waals surface area contributed by atoms with E-state index in [0.29, 0.717) is 12.4 Å². The average molecular weight is 321 g/mol. The first-order chi connectivity index (χ1) is 11.4. The van der Waals surface area contributed by atoms with E-state index >= 15 is 0 Å². The Balaban J connectivity index is 1.90. The summed E-state index contributed by atoms with van der Waals surface area (Å²) >= 11 is 0. The van der Waals surface area contributed by atoms with Crippen LogP contribution in [0.4, 0.5) is 5.82 Å². The first-order valence-corrected chi connectivity index (χ1v) is 7.76. The molecule has 24 heavy (non-hydrogen) atoms. The van der Waals surface area contributed by atoms with Gasteiger partial charge in [0, 0.05) is 28.9 Å². The van der Waals surface area contributed by atoms with Gasteiger partial charge in [-0.25, -0.2) is 4.98 Å². The van der Waals surface area contributed by atoms with E-state index < -0.39 is 0 Å². The lowest BCUT2D eigenvalue weighted by atomic mass is 10.1. The van der Waals surface area contributed by atoms with E-state index in [1.54, 1.807) is 6.20 Å². The highest BCUT2D eigenvalue weighted by Gasteiger charge is 2.16. The molecule has 0 aliphatic heterocycles. The van der Waals surface area contributed by atoms with Gasteiger partial charge in [0.1, 0.15) is 11.3 Å². The molecule has 0 saturated heterocycles. The lowest BCUT2D eigenvalue weighted by Crippen LogP contribution is -2.37. The summed E-state index contributed by atoms with van der Waals surface area (Å²) < 4.78 is 1.84. The van der Waals surface area contributed by atoms with Crippen LogP contribution in [0.15, 0.2) is 36.7 Å². The van der Waals surface area contributed by atoms with Gasteiger partial charge >= 0.3 is 0 Å². The number of pyridine rings is 1. The van der Waals surface area contributed by atoms with Gasteiger partial charge in [0.25, 0.3) is 0 Å². The molecule has 4 aromatic rings. The number of anilines is 1. The van der Waals surface area contributed by atoms with E-state index in [1.807, 2.05) is 49.0 Å². The lowest BCUT2D eigenvalue weighted by Gasteiger charge is -2.17. The summed E-state index contributed by atoms with van der Waals surface area (Å²) in [6.07, 6.45) is 3.63. The molecule has 0 aliphatic carbocycles. The molecule has 0 unspecified atom stereocenters. The predicted molar refractivity (Wildman–Crippen MR) is 95.3 cm³/mol. The van der Waals surface area contributed by atoms with Crippen molar-refractivity contribution in [2.75, 3.05) is 5.73 Å². The Hall–Kier alpha value is -2.93. The summed E-state index contributed by atoms with van der Waals surface area (Å²) in [6.45, 7) is 4.54. The van der Waals surface area contributed by atoms with Crippen molar-refractivity contribution >= 4 is 27.6 Å². The molecular weight excluding hydrogens is 302 g/mol. The SMILES string of the molecule is CC(C)(N)Cn1cc2c(N)nc3cc(-c4ccn[nH]4)ccc3c2n1. The molecule has 0 aliphatic rings. The van der Waals surface area contributed by atoms with Crippen LogP contribution in [0, 0.1) is 0 Å².